The maximum absolute atomic E-state index is 5.95. The molecule has 0 aliphatic heterocycles. The maximum Gasteiger partial charge on any atom is 0.118 e. The Balaban J connectivity index is 2.25. The molecule has 1 N–H and O–H groups in total. The lowest BCUT2D eigenvalue weighted by Gasteiger charge is -2.14. The van der Waals surface area contributed by atoms with E-state index in [1.807, 2.05) is 19.1 Å². The van der Waals surface area contributed by atoms with Crippen LogP contribution < -0.4 is 10.1 Å². The molecule has 17 heavy (non-hydrogen) atoms. The van der Waals surface area contributed by atoms with Crippen LogP contribution >= 0.6 is 11.6 Å². The van der Waals surface area contributed by atoms with Gasteiger partial charge in [0.15, 0.2) is 0 Å². The zero-order valence-corrected chi connectivity index (χ0v) is 11.6. The number of rotatable bonds is 7. The zero-order chi connectivity index (χ0) is 12.7. The van der Waals surface area contributed by atoms with Crippen molar-refractivity contribution in [1.29, 1.82) is 0 Å². The van der Waals surface area contributed by atoms with E-state index in [-0.39, 0.29) is 5.38 Å². The summed E-state index contributed by atoms with van der Waals surface area (Å²) in [5.74, 6) is 0.908. The third-order valence-corrected chi connectivity index (χ3v) is 2.92. The molecule has 2 unspecified atom stereocenters. The van der Waals surface area contributed by atoms with E-state index in [1.54, 1.807) is 7.11 Å². The highest BCUT2D eigenvalue weighted by molar-refractivity contribution is 6.20. The second-order valence-corrected chi connectivity index (χ2v) is 5.21. The predicted molar refractivity (Wildman–Crippen MR) is 74.1 cm³/mol. The molecule has 1 aromatic carbocycles. The highest BCUT2D eigenvalue weighted by atomic mass is 35.5. The second kappa shape index (κ2) is 7.57. The molecule has 2 nitrogen and oxygen atoms in total. The first-order chi connectivity index (χ1) is 8.11. The largest absolute Gasteiger partial charge is 0.497 e. The van der Waals surface area contributed by atoms with Gasteiger partial charge in [0.25, 0.3) is 0 Å². The van der Waals surface area contributed by atoms with Crippen molar-refractivity contribution in [2.24, 2.45) is 0 Å². The Morgan fingerprint density at radius 1 is 1.24 bits per heavy atom. The lowest BCUT2D eigenvalue weighted by atomic mass is 10.1. The van der Waals surface area contributed by atoms with Crippen molar-refractivity contribution in [2.75, 3.05) is 13.7 Å². The van der Waals surface area contributed by atoms with Crippen LogP contribution in [0.25, 0.3) is 0 Å². The number of hydrogen-bond acceptors (Lipinski definition) is 2. The smallest absolute Gasteiger partial charge is 0.118 e. The molecule has 0 heterocycles. The Bertz CT molecular complexity index is 311. The lowest BCUT2D eigenvalue weighted by Crippen LogP contribution is -2.29. The summed E-state index contributed by atoms with van der Waals surface area (Å²) >= 11 is 5.95. The van der Waals surface area contributed by atoms with E-state index in [0.717, 1.165) is 25.1 Å². The Labute approximate surface area is 109 Å². The van der Waals surface area contributed by atoms with Gasteiger partial charge < -0.3 is 10.1 Å². The van der Waals surface area contributed by atoms with E-state index in [1.165, 1.54) is 5.56 Å². The van der Waals surface area contributed by atoms with Gasteiger partial charge in [0.05, 0.1) is 7.11 Å². The topological polar surface area (TPSA) is 21.3 Å². The third-order valence-electron chi connectivity index (χ3n) is 2.74. The van der Waals surface area contributed by atoms with Crippen molar-refractivity contribution in [1.82, 2.24) is 5.32 Å². The van der Waals surface area contributed by atoms with Gasteiger partial charge >= 0.3 is 0 Å². The summed E-state index contributed by atoms with van der Waals surface area (Å²) in [5.41, 5.74) is 1.32. The van der Waals surface area contributed by atoms with Crippen LogP contribution in [-0.2, 0) is 6.42 Å². The van der Waals surface area contributed by atoms with Crippen molar-refractivity contribution in [3.8, 4) is 5.75 Å². The number of halogens is 1. The predicted octanol–water partition coefficient (Wildman–Crippen LogP) is 3.23. The fourth-order valence-corrected chi connectivity index (χ4v) is 2.09. The summed E-state index contributed by atoms with van der Waals surface area (Å²) in [6.45, 7) is 5.19. The van der Waals surface area contributed by atoms with Crippen LogP contribution in [0.3, 0.4) is 0 Å². The van der Waals surface area contributed by atoms with E-state index in [0.29, 0.717) is 6.04 Å². The molecule has 0 amide bonds. The molecule has 0 saturated carbocycles. The maximum atomic E-state index is 5.95. The molecule has 1 aromatic rings. The Kier molecular flexibility index (Phi) is 6.38. The minimum absolute atomic E-state index is 0.235. The molecule has 0 fully saturated rings. The second-order valence-electron chi connectivity index (χ2n) is 4.47. The highest BCUT2D eigenvalue weighted by Gasteiger charge is 2.05. The fourth-order valence-electron chi connectivity index (χ4n) is 1.83. The Hall–Kier alpha value is -0.730. The molecule has 96 valence electrons. The van der Waals surface area contributed by atoms with Gasteiger partial charge in [-0.1, -0.05) is 12.1 Å². The van der Waals surface area contributed by atoms with Crippen LogP contribution in [0.1, 0.15) is 25.8 Å². The lowest BCUT2D eigenvalue weighted by molar-refractivity contribution is 0.414. The third kappa shape index (κ3) is 5.94. The van der Waals surface area contributed by atoms with Gasteiger partial charge in [0.1, 0.15) is 5.75 Å². The summed E-state index contributed by atoms with van der Waals surface area (Å²) in [7, 11) is 1.69. The number of hydrogen-bond donors (Lipinski definition) is 1. The minimum Gasteiger partial charge on any atom is -0.497 e. The quantitative estimate of drug-likeness (QED) is 0.756. The van der Waals surface area contributed by atoms with Crippen molar-refractivity contribution < 1.29 is 4.74 Å². The molecular formula is C14H22ClNO. The zero-order valence-electron chi connectivity index (χ0n) is 10.9. The number of nitrogens with one attached hydrogen (secondary N) is 1. The molecule has 0 bridgehead atoms. The van der Waals surface area contributed by atoms with Crippen molar-refractivity contribution in [3.05, 3.63) is 29.8 Å². The monoisotopic (exact) mass is 255 g/mol. The van der Waals surface area contributed by atoms with Gasteiger partial charge in [-0.05, 0) is 50.9 Å². The van der Waals surface area contributed by atoms with Gasteiger partial charge in [-0.25, -0.2) is 0 Å². The number of benzene rings is 1. The molecule has 2 atom stereocenters. The molecule has 0 aromatic heterocycles. The van der Waals surface area contributed by atoms with Gasteiger partial charge in [0, 0.05) is 11.4 Å². The standard InChI is InChI=1S/C14H22ClNO/c1-11(15)10-12(2)16-9-8-13-4-6-14(17-3)7-5-13/h4-7,11-12,16H,8-10H2,1-3H3. The van der Waals surface area contributed by atoms with E-state index in [4.69, 9.17) is 16.3 Å². The molecule has 0 spiro atoms. The van der Waals surface area contributed by atoms with E-state index < -0.39 is 0 Å². The summed E-state index contributed by atoms with van der Waals surface area (Å²) in [6.07, 6.45) is 2.04. The summed E-state index contributed by atoms with van der Waals surface area (Å²) in [5, 5.41) is 3.71. The first-order valence-electron chi connectivity index (χ1n) is 6.12. The van der Waals surface area contributed by atoms with Crippen molar-refractivity contribution in [2.45, 2.75) is 38.1 Å². The molecule has 0 radical (unpaired) electrons. The Morgan fingerprint density at radius 2 is 1.88 bits per heavy atom. The normalized spacial score (nSPS) is 14.4. The van der Waals surface area contributed by atoms with Crippen molar-refractivity contribution in [3.63, 3.8) is 0 Å². The van der Waals surface area contributed by atoms with E-state index in [9.17, 15) is 0 Å². The Morgan fingerprint density at radius 3 is 2.41 bits per heavy atom. The molecular weight excluding hydrogens is 234 g/mol. The molecule has 3 heteroatoms. The van der Waals surface area contributed by atoms with Crippen LogP contribution in [0.2, 0.25) is 0 Å². The SMILES string of the molecule is COc1ccc(CCNC(C)CC(C)Cl)cc1. The minimum atomic E-state index is 0.235. The van der Waals surface area contributed by atoms with E-state index >= 15 is 0 Å². The van der Waals surface area contributed by atoms with Crippen LogP contribution in [-0.4, -0.2) is 25.1 Å². The summed E-state index contributed by atoms with van der Waals surface area (Å²) in [4.78, 5) is 0. The van der Waals surface area contributed by atoms with Crippen molar-refractivity contribution >= 4 is 11.6 Å². The van der Waals surface area contributed by atoms with Gasteiger partial charge in [-0.15, -0.1) is 11.6 Å². The van der Waals surface area contributed by atoms with Crippen LogP contribution in [0, 0.1) is 0 Å². The van der Waals surface area contributed by atoms with E-state index in [2.05, 4.69) is 24.4 Å². The van der Waals surface area contributed by atoms with Gasteiger partial charge in [-0.2, -0.15) is 0 Å². The fraction of sp³-hybridized carbons (Fsp3) is 0.571. The summed E-state index contributed by atoms with van der Waals surface area (Å²) in [6, 6.07) is 8.69. The van der Waals surface area contributed by atoms with Crippen LogP contribution in [0.4, 0.5) is 0 Å². The molecule has 0 saturated heterocycles. The van der Waals surface area contributed by atoms with Gasteiger partial charge in [0.2, 0.25) is 0 Å². The summed E-state index contributed by atoms with van der Waals surface area (Å²) < 4.78 is 5.13. The average molecular weight is 256 g/mol. The molecule has 1 rings (SSSR count). The first-order valence-corrected chi connectivity index (χ1v) is 6.56. The number of ether oxygens (including phenoxy) is 1. The number of alkyl halides is 1. The first kappa shape index (κ1) is 14.3. The average Bonchev–Trinajstić information content (AvgIpc) is 2.29. The molecule has 0 aliphatic carbocycles. The molecule has 0 aliphatic rings. The van der Waals surface area contributed by atoms with Gasteiger partial charge in [-0.3, -0.25) is 0 Å². The number of methoxy groups -OCH3 is 1. The highest BCUT2D eigenvalue weighted by Crippen LogP contribution is 2.11. The van der Waals surface area contributed by atoms with Crippen LogP contribution in [0.5, 0.6) is 5.75 Å². The van der Waals surface area contributed by atoms with Crippen LogP contribution in [0.15, 0.2) is 24.3 Å².